The number of H-pyrrole nitrogens is 1. The summed E-state index contributed by atoms with van der Waals surface area (Å²) >= 11 is 5.46. The van der Waals surface area contributed by atoms with Gasteiger partial charge < -0.3 is 0 Å². The van der Waals surface area contributed by atoms with Crippen molar-refractivity contribution in [2.24, 2.45) is 7.05 Å². The fraction of sp³-hybridized carbons (Fsp3) is 0.333. The summed E-state index contributed by atoms with van der Waals surface area (Å²) in [7, 11) is 1.55. The Bertz CT molecular complexity index is 366. The zero-order valence-corrected chi connectivity index (χ0v) is 6.68. The van der Waals surface area contributed by atoms with Gasteiger partial charge in [-0.1, -0.05) is 0 Å². The molecule has 0 unspecified atom stereocenters. The van der Waals surface area contributed by atoms with Crippen LogP contribution in [0, 0.1) is 0 Å². The van der Waals surface area contributed by atoms with Crippen LogP contribution >= 0.6 is 11.6 Å². The number of aromatic amines is 1. The molecule has 0 aliphatic heterocycles. The molecule has 0 atom stereocenters. The van der Waals surface area contributed by atoms with E-state index in [-0.39, 0.29) is 5.88 Å². The van der Waals surface area contributed by atoms with E-state index >= 15 is 0 Å². The van der Waals surface area contributed by atoms with Crippen LogP contribution in [0.1, 0.15) is 5.69 Å². The zero-order chi connectivity index (χ0) is 8.43. The van der Waals surface area contributed by atoms with Gasteiger partial charge in [0.05, 0.1) is 5.88 Å². The largest absolute Gasteiger partial charge is 0.328 e. The van der Waals surface area contributed by atoms with Crippen LogP contribution in [0.5, 0.6) is 0 Å². The minimum atomic E-state index is -0.437. The molecule has 0 aliphatic rings. The summed E-state index contributed by atoms with van der Waals surface area (Å²) in [6.45, 7) is 0. The Morgan fingerprint density at radius 1 is 1.64 bits per heavy atom. The Labute approximate surface area is 67.4 Å². The molecule has 1 aromatic rings. The second-order valence-electron chi connectivity index (χ2n) is 2.12. The SMILES string of the molecule is Cn1c(CCl)cc(=O)[nH]c1=O. The monoisotopic (exact) mass is 174 g/mol. The number of alkyl halides is 1. The lowest BCUT2D eigenvalue weighted by Gasteiger charge is -2.00. The molecule has 0 saturated carbocycles. The van der Waals surface area contributed by atoms with Gasteiger partial charge in [-0.3, -0.25) is 14.3 Å². The van der Waals surface area contributed by atoms with Crippen LogP contribution in [0.15, 0.2) is 15.7 Å². The van der Waals surface area contributed by atoms with Gasteiger partial charge in [0, 0.05) is 18.8 Å². The predicted octanol–water partition coefficient (Wildman–Crippen LogP) is -0.188. The lowest BCUT2D eigenvalue weighted by atomic mass is 10.4. The van der Waals surface area contributed by atoms with Crippen molar-refractivity contribution in [1.82, 2.24) is 9.55 Å². The van der Waals surface area contributed by atoms with E-state index in [0.717, 1.165) is 0 Å². The van der Waals surface area contributed by atoms with Crippen molar-refractivity contribution in [2.45, 2.75) is 5.88 Å². The standard InChI is InChI=1S/C6H7ClN2O2/c1-9-4(3-7)2-5(10)8-6(9)11/h2H,3H2,1H3,(H,8,10,11). The number of nitrogens with zero attached hydrogens (tertiary/aromatic N) is 1. The van der Waals surface area contributed by atoms with E-state index in [0.29, 0.717) is 5.69 Å². The molecule has 0 fully saturated rings. The summed E-state index contributed by atoms with van der Waals surface area (Å²) in [6.07, 6.45) is 0. The van der Waals surface area contributed by atoms with E-state index in [1.54, 1.807) is 7.05 Å². The van der Waals surface area contributed by atoms with Crippen LogP contribution in [0.2, 0.25) is 0 Å². The van der Waals surface area contributed by atoms with Gasteiger partial charge >= 0.3 is 5.69 Å². The fourth-order valence-electron chi connectivity index (χ4n) is 0.732. The average Bonchev–Trinajstić information content (AvgIpc) is 1.96. The van der Waals surface area contributed by atoms with Crippen LogP contribution in [-0.2, 0) is 12.9 Å². The lowest BCUT2D eigenvalue weighted by molar-refractivity contribution is 0.759. The molecule has 0 saturated heterocycles. The smallest absolute Gasteiger partial charge is 0.300 e. The Morgan fingerprint density at radius 2 is 2.27 bits per heavy atom. The Hall–Kier alpha value is -1.03. The predicted molar refractivity (Wildman–Crippen MR) is 41.9 cm³/mol. The molecule has 1 heterocycles. The number of aromatic nitrogens is 2. The van der Waals surface area contributed by atoms with Crippen molar-refractivity contribution in [2.75, 3.05) is 0 Å². The van der Waals surface area contributed by atoms with Gasteiger partial charge in [0.15, 0.2) is 0 Å². The topological polar surface area (TPSA) is 54.9 Å². The second kappa shape index (κ2) is 2.92. The van der Waals surface area contributed by atoms with Crippen molar-refractivity contribution >= 4 is 11.6 Å². The van der Waals surface area contributed by atoms with Gasteiger partial charge in [-0.05, 0) is 0 Å². The molecule has 0 aromatic carbocycles. The van der Waals surface area contributed by atoms with E-state index in [4.69, 9.17) is 11.6 Å². The quantitative estimate of drug-likeness (QED) is 0.601. The van der Waals surface area contributed by atoms with Crippen molar-refractivity contribution in [3.63, 3.8) is 0 Å². The van der Waals surface area contributed by atoms with Gasteiger partial charge in [-0.2, -0.15) is 0 Å². The Balaban J connectivity index is 3.49. The van der Waals surface area contributed by atoms with Crippen LogP contribution in [0.3, 0.4) is 0 Å². The summed E-state index contributed by atoms with van der Waals surface area (Å²) in [5.74, 6) is 0.162. The summed E-state index contributed by atoms with van der Waals surface area (Å²) in [6, 6.07) is 1.30. The second-order valence-corrected chi connectivity index (χ2v) is 2.39. The lowest BCUT2D eigenvalue weighted by Crippen LogP contribution is -2.29. The molecule has 0 radical (unpaired) electrons. The summed E-state index contributed by atoms with van der Waals surface area (Å²) < 4.78 is 1.30. The number of halogens is 1. The van der Waals surface area contributed by atoms with Crippen molar-refractivity contribution in [3.05, 3.63) is 32.6 Å². The van der Waals surface area contributed by atoms with Crippen molar-refractivity contribution < 1.29 is 0 Å². The first-order chi connectivity index (χ1) is 5.15. The third kappa shape index (κ3) is 1.51. The molecule has 5 heteroatoms. The number of hydrogen-bond acceptors (Lipinski definition) is 2. The number of nitrogens with one attached hydrogen (secondary N) is 1. The molecule has 0 aliphatic carbocycles. The zero-order valence-electron chi connectivity index (χ0n) is 5.93. The minimum Gasteiger partial charge on any atom is -0.300 e. The maximum absolute atomic E-state index is 10.9. The van der Waals surface area contributed by atoms with Crippen molar-refractivity contribution in [3.8, 4) is 0 Å². The first kappa shape index (κ1) is 8.07. The van der Waals surface area contributed by atoms with Crippen LogP contribution in [0.25, 0.3) is 0 Å². The highest BCUT2D eigenvalue weighted by molar-refractivity contribution is 6.16. The summed E-state index contributed by atoms with van der Waals surface area (Å²) in [5, 5.41) is 0. The van der Waals surface area contributed by atoms with Gasteiger partial charge in [0.2, 0.25) is 0 Å². The van der Waals surface area contributed by atoms with E-state index in [9.17, 15) is 9.59 Å². The molecular weight excluding hydrogens is 168 g/mol. The van der Waals surface area contributed by atoms with Gasteiger partial charge in [0.1, 0.15) is 0 Å². The molecule has 60 valence electrons. The van der Waals surface area contributed by atoms with Gasteiger partial charge in [-0.25, -0.2) is 4.79 Å². The van der Waals surface area contributed by atoms with E-state index in [1.807, 2.05) is 0 Å². The molecule has 1 aromatic heterocycles. The Kier molecular flexibility index (Phi) is 2.14. The molecule has 0 bridgehead atoms. The van der Waals surface area contributed by atoms with Gasteiger partial charge in [-0.15, -0.1) is 11.6 Å². The highest BCUT2D eigenvalue weighted by Gasteiger charge is 1.98. The van der Waals surface area contributed by atoms with E-state index < -0.39 is 11.2 Å². The van der Waals surface area contributed by atoms with Crippen LogP contribution in [0.4, 0.5) is 0 Å². The van der Waals surface area contributed by atoms with Crippen molar-refractivity contribution in [1.29, 1.82) is 0 Å². The van der Waals surface area contributed by atoms with Crippen LogP contribution < -0.4 is 11.2 Å². The maximum Gasteiger partial charge on any atom is 0.328 e. The highest BCUT2D eigenvalue weighted by atomic mass is 35.5. The first-order valence-corrected chi connectivity index (χ1v) is 3.54. The molecule has 1 rings (SSSR count). The molecular formula is C6H7ClN2O2. The normalized spacial score (nSPS) is 10.0. The molecule has 0 spiro atoms. The minimum absolute atomic E-state index is 0.162. The van der Waals surface area contributed by atoms with Crippen LogP contribution in [-0.4, -0.2) is 9.55 Å². The summed E-state index contributed by atoms with van der Waals surface area (Å²) in [4.78, 5) is 23.7. The highest BCUT2D eigenvalue weighted by Crippen LogP contribution is 1.93. The fourth-order valence-corrected chi connectivity index (χ4v) is 0.989. The first-order valence-electron chi connectivity index (χ1n) is 3.00. The molecule has 4 nitrogen and oxygen atoms in total. The molecule has 0 amide bonds. The number of hydrogen-bond donors (Lipinski definition) is 1. The third-order valence-electron chi connectivity index (χ3n) is 1.40. The molecule has 11 heavy (non-hydrogen) atoms. The molecule has 1 N–H and O–H groups in total. The Morgan fingerprint density at radius 3 is 2.82 bits per heavy atom. The third-order valence-corrected chi connectivity index (χ3v) is 1.67. The van der Waals surface area contributed by atoms with Gasteiger partial charge in [0.25, 0.3) is 5.56 Å². The van der Waals surface area contributed by atoms with E-state index in [2.05, 4.69) is 4.98 Å². The number of rotatable bonds is 1. The maximum atomic E-state index is 10.9. The summed E-state index contributed by atoms with van der Waals surface area (Å²) in [5.41, 5.74) is -0.336. The van der Waals surface area contributed by atoms with E-state index in [1.165, 1.54) is 10.6 Å². The average molecular weight is 175 g/mol.